The van der Waals surface area contributed by atoms with Crippen molar-refractivity contribution in [3.8, 4) is 0 Å². The first-order valence-electron chi connectivity index (χ1n) is 6.77. The highest BCUT2D eigenvalue weighted by molar-refractivity contribution is 5.95. The zero-order chi connectivity index (χ0) is 14.8. The van der Waals surface area contributed by atoms with E-state index in [2.05, 4.69) is 16.0 Å². The van der Waals surface area contributed by atoms with Gasteiger partial charge < -0.3 is 16.0 Å². The van der Waals surface area contributed by atoms with Gasteiger partial charge in [0.25, 0.3) is 5.91 Å². The van der Waals surface area contributed by atoms with Gasteiger partial charge in [0, 0.05) is 32.2 Å². The molecule has 0 radical (unpaired) electrons. The summed E-state index contributed by atoms with van der Waals surface area (Å²) in [4.78, 5) is 23.8. The standard InChI is InChI=1S/C15H21N3O2/c1-15(2,14(20)16-3)9-18-13(19)10-4-5-11-7-17-8-12(11)6-10/h4-6,17H,7-9H2,1-3H3,(H,16,20)(H,18,19). The number of amides is 2. The van der Waals surface area contributed by atoms with E-state index >= 15 is 0 Å². The van der Waals surface area contributed by atoms with Gasteiger partial charge >= 0.3 is 0 Å². The molecule has 0 fully saturated rings. The largest absolute Gasteiger partial charge is 0.359 e. The number of hydrogen-bond donors (Lipinski definition) is 3. The second-order valence-electron chi connectivity index (χ2n) is 5.73. The second kappa shape index (κ2) is 5.63. The number of carbonyl (C=O) groups is 2. The molecule has 108 valence electrons. The third kappa shape index (κ3) is 2.99. The molecule has 0 aromatic heterocycles. The van der Waals surface area contributed by atoms with Crippen molar-refractivity contribution < 1.29 is 9.59 Å². The minimum atomic E-state index is -0.622. The highest BCUT2D eigenvalue weighted by Gasteiger charge is 2.27. The summed E-state index contributed by atoms with van der Waals surface area (Å²) in [5.74, 6) is -0.229. The van der Waals surface area contributed by atoms with Crippen LogP contribution >= 0.6 is 0 Å². The first-order chi connectivity index (χ1) is 9.44. The van der Waals surface area contributed by atoms with Gasteiger partial charge in [-0.15, -0.1) is 0 Å². The quantitative estimate of drug-likeness (QED) is 0.761. The Balaban J connectivity index is 2.00. The molecule has 5 nitrogen and oxygen atoms in total. The molecule has 1 aromatic carbocycles. The number of hydrogen-bond acceptors (Lipinski definition) is 3. The summed E-state index contributed by atoms with van der Waals surface area (Å²) in [6.45, 7) is 5.58. The molecule has 0 aliphatic carbocycles. The highest BCUT2D eigenvalue weighted by atomic mass is 16.2. The average Bonchev–Trinajstić information content (AvgIpc) is 2.91. The maximum atomic E-state index is 12.1. The molecular formula is C15H21N3O2. The van der Waals surface area contributed by atoms with Gasteiger partial charge in [-0.3, -0.25) is 9.59 Å². The third-order valence-corrected chi connectivity index (χ3v) is 3.63. The Kier molecular flexibility index (Phi) is 4.09. The molecule has 0 saturated heterocycles. The summed E-state index contributed by atoms with van der Waals surface area (Å²) in [5.41, 5.74) is 2.43. The summed E-state index contributed by atoms with van der Waals surface area (Å²) < 4.78 is 0. The molecule has 1 aliphatic heterocycles. The van der Waals surface area contributed by atoms with E-state index in [0.717, 1.165) is 13.1 Å². The van der Waals surface area contributed by atoms with Crippen LogP contribution in [0.4, 0.5) is 0 Å². The molecule has 0 bridgehead atoms. The third-order valence-electron chi connectivity index (χ3n) is 3.63. The van der Waals surface area contributed by atoms with Crippen LogP contribution in [0.15, 0.2) is 18.2 Å². The molecule has 2 amide bonds. The topological polar surface area (TPSA) is 70.2 Å². The first-order valence-corrected chi connectivity index (χ1v) is 6.77. The Morgan fingerprint density at radius 3 is 2.65 bits per heavy atom. The van der Waals surface area contributed by atoms with Gasteiger partial charge in [-0.2, -0.15) is 0 Å². The van der Waals surface area contributed by atoms with Crippen molar-refractivity contribution in [2.75, 3.05) is 13.6 Å². The normalized spacial score (nSPS) is 13.8. The summed E-state index contributed by atoms with van der Waals surface area (Å²) in [7, 11) is 1.60. The minimum absolute atomic E-state index is 0.0871. The van der Waals surface area contributed by atoms with Crippen molar-refractivity contribution in [3.05, 3.63) is 34.9 Å². The molecule has 2 rings (SSSR count). The van der Waals surface area contributed by atoms with Gasteiger partial charge in [-0.05, 0) is 37.1 Å². The summed E-state index contributed by atoms with van der Waals surface area (Å²) in [6.07, 6.45) is 0. The number of fused-ring (bicyclic) bond motifs is 1. The second-order valence-corrected chi connectivity index (χ2v) is 5.73. The van der Waals surface area contributed by atoms with Crippen molar-refractivity contribution in [1.29, 1.82) is 0 Å². The molecule has 1 aromatic rings. The zero-order valence-electron chi connectivity index (χ0n) is 12.2. The lowest BCUT2D eigenvalue weighted by atomic mass is 9.92. The fourth-order valence-corrected chi connectivity index (χ4v) is 2.26. The van der Waals surface area contributed by atoms with E-state index in [4.69, 9.17) is 0 Å². The van der Waals surface area contributed by atoms with Crippen LogP contribution in [0.1, 0.15) is 35.3 Å². The summed E-state index contributed by atoms with van der Waals surface area (Å²) >= 11 is 0. The van der Waals surface area contributed by atoms with Crippen LogP contribution in [0, 0.1) is 5.41 Å². The van der Waals surface area contributed by atoms with Crippen LogP contribution in [-0.2, 0) is 17.9 Å². The van der Waals surface area contributed by atoms with Crippen LogP contribution in [0.5, 0.6) is 0 Å². The summed E-state index contributed by atoms with van der Waals surface area (Å²) in [6, 6.07) is 5.72. The van der Waals surface area contributed by atoms with Gasteiger partial charge in [0.1, 0.15) is 0 Å². The van der Waals surface area contributed by atoms with Crippen LogP contribution < -0.4 is 16.0 Å². The molecule has 0 spiro atoms. The molecule has 1 aliphatic rings. The van der Waals surface area contributed by atoms with Gasteiger partial charge in [0.2, 0.25) is 5.91 Å². The predicted molar refractivity (Wildman–Crippen MR) is 77.2 cm³/mol. The molecule has 1 heterocycles. The Morgan fingerprint density at radius 2 is 1.95 bits per heavy atom. The van der Waals surface area contributed by atoms with Crippen molar-refractivity contribution in [2.45, 2.75) is 26.9 Å². The van der Waals surface area contributed by atoms with Gasteiger partial charge in [-0.25, -0.2) is 0 Å². The smallest absolute Gasteiger partial charge is 0.251 e. The van der Waals surface area contributed by atoms with Gasteiger partial charge in [0.15, 0.2) is 0 Å². The van der Waals surface area contributed by atoms with Crippen molar-refractivity contribution in [1.82, 2.24) is 16.0 Å². The van der Waals surface area contributed by atoms with E-state index < -0.39 is 5.41 Å². The number of nitrogens with one attached hydrogen (secondary N) is 3. The van der Waals surface area contributed by atoms with E-state index in [0.29, 0.717) is 12.1 Å². The van der Waals surface area contributed by atoms with Gasteiger partial charge in [-0.1, -0.05) is 6.07 Å². The fourth-order valence-electron chi connectivity index (χ4n) is 2.26. The lowest BCUT2D eigenvalue weighted by molar-refractivity contribution is -0.128. The number of rotatable bonds is 4. The maximum Gasteiger partial charge on any atom is 0.251 e. The van der Waals surface area contributed by atoms with E-state index in [1.54, 1.807) is 20.9 Å². The molecule has 0 saturated carbocycles. The molecule has 0 atom stereocenters. The first kappa shape index (κ1) is 14.5. The van der Waals surface area contributed by atoms with Crippen LogP contribution in [0.25, 0.3) is 0 Å². The van der Waals surface area contributed by atoms with Crippen molar-refractivity contribution >= 4 is 11.8 Å². The molecule has 0 unspecified atom stereocenters. The Morgan fingerprint density at radius 1 is 1.25 bits per heavy atom. The monoisotopic (exact) mass is 275 g/mol. The van der Waals surface area contributed by atoms with Crippen molar-refractivity contribution in [2.24, 2.45) is 5.41 Å². The Hall–Kier alpha value is -1.88. The number of benzene rings is 1. The molecule has 3 N–H and O–H groups in total. The van der Waals surface area contributed by atoms with Crippen LogP contribution in [0.2, 0.25) is 0 Å². The lowest BCUT2D eigenvalue weighted by Crippen LogP contribution is -2.43. The Labute approximate surface area is 119 Å². The molecule has 20 heavy (non-hydrogen) atoms. The highest BCUT2D eigenvalue weighted by Crippen LogP contribution is 2.18. The summed E-state index contributed by atoms with van der Waals surface area (Å²) in [5, 5.41) is 8.68. The Bertz CT molecular complexity index is 538. The van der Waals surface area contributed by atoms with Crippen molar-refractivity contribution in [3.63, 3.8) is 0 Å². The SMILES string of the molecule is CNC(=O)C(C)(C)CNC(=O)c1ccc2c(c1)CNC2. The van der Waals surface area contributed by atoms with E-state index in [1.165, 1.54) is 11.1 Å². The lowest BCUT2D eigenvalue weighted by Gasteiger charge is -2.22. The maximum absolute atomic E-state index is 12.1. The molecule has 5 heteroatoms. The predicted octanol–water partition coefficient (Wildman–Crippen LogP) is 0.792. The van der Waals surface area contributed by atoms with E-state index in [9.17, 15) is 9.59 Å². The fraction of sp³-hybridized carbons (Fsp3) is 0.467. The van der Waals surface area contributed by atoms with Crippen LogP contribution in [-0.4, -0.2) is 25.4 Å². The van der Waals surface area contributed by atoms with E-state index in [1.807, 2.05) is 18.2 Å². The van der Waals surface area contributed by atoms with Crippen LogP contribution in [0.3, 0.4) is 0 Å². The average molecular weight is 275 g/mol. The molecular weight excluding hydrogens is 254 g/mol. The van der Waals surface area contributed by atoms with E-state index in [-0.39, 0.29) is 11.8 Å². The van der Waals surface area contributed by atoms with Gasteiger partial charge in [0.05, 0.1) is 5.41 Å². The zero-order valence-corrected chi connectivity index (χ0v) is 12.2. The number of carbonyl (C=O) groups excluding carboxylic acids is 2. The minimum Gasteiger partial charge on any atom is -0.359 e.